The number of hydrogen-bond acceptors (Lipinski definition) is 2. The van der Waals surface area contributed by atoms with Gasteiger partial charge in [-0.3, -0.25) is 9.59 Å². The van der Waals surface area contributed by atoms with E-state index in [1.165, 1.54) is 0 Å². The Labute approximate surface area is 169 Å². The number of rotatable bonds is 4. The standard InChI is InChI=1S/C21H22Cl2N2O2/c1-21(13-14-8-5-4-6-9-14)20(27)24(2)17(19(26)25(21)3)12-15-10-7-11-16(22)18(15)23/h4-11,17H,12-13H2,1-3H3. The summed E-state index contributed by atoms with van der Waals surface area (Å²) < 4.78 is 0. The second kappa shape index (κ2) is 7.53. The summed E-state index contributed by atoms with van der Waals surface area (Å²) in [5.74, 6) is -0.192. The SMILES string of the molecule is CN1C(=O)C(C)(Cc2ccccc2)N(C)C(=O)C1Cc1cccc(Cl)c1Cl. The average molecular weight is 405 g/mol. The first-order valence-corrected chi connectivity index (χ1v) is 9.53. The molecule has 1 fully saturated rings. The molecule has 2 amide bonds. The summed E-state index contributed by atoms with van der Waals surface area (Å²) in [6, 6.07) is 14.4. The zero-order valence-electron chi connectivity index (χ0n) is 15.6. The van der Waals surface area contributed by atoms with E-state index >= 15 is 0 Å². The lowest BCUT2D eigenvalue weighted by atomic mass is 9.85. The van der Waals surface area contributed by atoms with E-state index in [0.29, 0.717) is 22.9 Å². The average Bonchev–Trinajstić information content (AvgIpc) is 2.66. The summed E-state index contributed by atoms with van der Waals surface area (Å²) in [5, 5.41) is 0.863. The number of hydrogen-bond donors (Lipinski definition) is 0. The number of piperazine rings is 1. The number of likely N-dealkylation sites (N-methyl/N-ethyl adjacent to an activating group) is 2. The Morgan fingerprint density at radius 1 is 1.00 bits per heavy atom. The van der Waals surface area contributed by atoms with E-state index in [0.717, 1.165) is 11.1 Å². The Balaban J connectivity index is 1.89. The van der Waals surface area contributed by atoms with Crippen molar-refractivity contribution in [2.75, 3.05) is 14.1 Å². The zero-order chi connectivity index (χ0) is 19.8. The minimum atomic E-state index is -0.929. The molecule has 1 heterocycles. The molecular weight excluding hydrogens is 383 g/mol. The third-order valence-electron chi connectivity index (χ3n) is 5.44. The van der Waals surface area contributed by atoms with Crippen molar-refractivity contribution in [2.24, 2.45) is 0 Å². The van der Waals surface area contributed by atoms with Gasteiger partial charge in [0.2, 0.25) is 11.8 Å². The molecule has 142 valence electrons. The Kier molecular flexibility index (Phi) is 5.50. The number of benzene rings is 2. The first-order valence-electron chi connectivity index (χ1n) is 8.77. The molecule has 1 saturated heterocycles. The minimum Gasteiger partial charge on any atom is -0.331 e. The van der Waals surface area contributed by atoms with Crippen molar-refractivity contribution >= 4 is 35.0 Å². The molecule has 0 bridgehead atoms. The van der Waals surface area contributed by atoms with Gasteiger partial charge in [-0.2, -0.15) is 0 Å². The number of carbonyl (C=O) groups excluding carboxylic acids is 2. The zero-order valence-corrected chi connectivity index (χ0v) is 17.1. The van der Waals surface area contributed by atoms with Crippen molar-refractivity contribution in [1.82, 2.24) is 9.80 Å². The molecule has 2 aromatic carbocycles. The molecule has 1 aliphatic rings. The molecular formula is C21H22Cl2N2O2. The van der Waals surface area contributed by atoms with E-state index in [1.807, 2.05) is 43.3 Å². The molecule has 4 nitrogen and oxygen atoms in total. The molecule has 2 atom stereocenters. The molecule has 0 radical (unpaired) electrons. The van der Waals surface area contributed by atoms with Crippen molar-refractivity contribution < 1.29 is 9.59 Å². The van der Waals surface area contributed by atoms with E-state index in [4.69, 9.17) is 23.2 Å². The van der Waals surface area contributed by atoms with Crippen LogP contribution in [-0.2, 0) is 22.4 Å². The molecule has 3 rings (SSSR count). The van der Waals surface area contributed by atoms with Crippen LogP contribution in [-0.4, -0.2) is 47.3 Å². The molecule has 1 aliphatic heterocycles. The first kappa shape index (κ1) is 19.7. The van der Waals surface area contributed by atoms with Crippen molar-refractivity contribution in [3.63, 3.8) is 0 Å². The molecule has 6 heteroatoms. The lowest BCUT2D eigenvalue weighted by Crippen LogP contribution is -2.69. The van der Waals surface area contributed by atoms with Crippen LogP contribution in [0.25, 0.3) is 0 Å². The van der Waals surface area contributed by atoms with Crippen LogP contribution in [0.1, 0.15) is 18.1 Å². The first-order chi connectivity index (χ1) is 12.8. The van der Waals surface area contributed by atoms with Crippen LogP contribution in [0.2, 0.25) is 10.0 Å². The van der Waals surface area contributed by atoms with E-state index in [1.54, 1.807) is 36.0 Å². The quantitative estimate of drug-likeness (QED) is 0.776. The van der Waals surface area contributed by atoms with E-state index in [9.17, 15) is 9.59 Å². The highest BCUT2D eigenvalue weighted by atomic mass is 35.5. The summed E-state index contributed by atoms with van der Waals surface area (Å²) in [7, 11) is 3.38. The van der Waals surface area contributed by atoms with Crippen LogP contribution in [0.3, 0.4) is 0 Å². The molecule has 2 aromatic rings. The summed E-state index contributed by atoms with van der Waals surface area (Å²) in [6.45, 7) is 1.82. The Bertz CT molecular complexity index is 872. The van der Waals surface area contributed by atoms with Crippen LogP contribution in [0.5, 0.6) is 0 Å². The van der Waals surface area contributed by atoms with Gasteiger partial charge in [-0.25, -0.2) is 0 Å². The normalized spacial score (nSPS) is 23.1. The number of amides is 2. The lowest BCUT2D eigenvalue weighted by Gasteiger charge is -2.48. The smallest absolute Gasteiger partial charge is 0.249 e. The van der Waals surface area contributed by atoms with Gasteiger partial charge in [0, 0.05) is 26.9 Å². The third-order valence-corrected chi connectivity index (χ3v) is 6.30. The highest BCUT2D eigenvalue weighted by molar-refractivity contribution is 6.42. The second-order valence-corrected chi connectivity index (χ2v) is 7.97. The minimum absolute atomic E-state index is 0.0865. The maximum Gasteiger partial charge on any atom is 0.249 e. The van der Waals surface area contributed by atoms with Gasteiger partial charge < -0.3 is 9.80 Å². The summed E-state index contributed by atoms with van der Waals surface area (Å²) in [6.07, 6.45) is 0.788. The number of halogens is 2. The maximum absolute atomic E-state index is 13.2. The van der Waals surface area contributed by atoms with Gasteiger partial charge in [0.1, 0.15) is 11.6 Å². The number of carbonyl (C=O) groups is 2. The van der Waals surface area contributed by atoms with Gasteiger partial charge in [-0.15, -0.1) is 0 Å². The van der Waals surface area contributed by atoms with E-state index in [2.05, 4.69) is 0 Å². The molecule has 0 N–H and O–H groups in total. The Morgan fingerprint density at radius 3 is 2.33 bits per heavy atom. The maximum atomic E-state index is 13.2. The summed E-state index contributed by atoms with van der Waals surface area (Å²) in [5.41, 5.74) is 0.835. The van der Waals surface area contributed by atoms with Gasteiger partial charge in [-0.1, -0.05) is 65.7 Å². The van der Waals surface area contributed by atoms with Crippen LogP contribution < -0.4 is 0 Å². The molecule has 0 spiro atoms. The predicted molar refractivity (Wildman–Crippen MR) is 108 cm³/mol. The van der Waals surface area contributed by atoms with Crippen LogP contribution in [0, 0.1) is 0 Å². The van der Waals surface area contributed by atoms with Crippen molar-refractivity contribution in [2.45, 2.75) is 31.3 Å². The van der Waals surface area contributed by atoms with Gasteiger partial charge in [0.15, 0.2) is 0 Å². The Hall–Kier alpha value is -2.04. The molecule has 0 aliphatic carbocycles. The summed E-state index contributed by atoms with van der Waals surface area (Å²) >= 11 is 12.4. The monoisotopic (exact) mass is 404 g/mol. The lowest BCUT2D eigenvalue weighted by molar-refractivity contribution is -0.166. The molecule has 0 aromatic heterocycles. The van der Waals surface area contributed by atoms with Crippen LogP contribution in [0.4, 0.5) is 0 Å². The van der Waals surface area contributed by atoms with E-state index in [-0.39, 0.29) is 11.8 Å². The van der Waals surface area contributed by atoms with Crippen LogP contribution in [0.15, 0.2) is 48.5 Å². The van der Waals surface area contributed by atoms with Gasteiger partial charge >= 0.3 is 0 Å². The molecule has 0 saturated carbocycles. The van der Waals surface area contributed by atoms with Crippen LogP contribution >= 0.6 is 23.2 Å². The number of nitrogens with zero attached hydrogens (tertiary/aromatic N) is 2. The van der Waals surface area contributed by atoms with Crippen molar-refractivity contribution in [3.8, 4) is 0 Å². The van der Waals surface area contributed by atoms with Gasteiger partial charge in [0.05, 0.1) is 10.0 Å². The third kappa shape index (κ3) is 3.56. The fraction of sp³-hybridized carbons (Fsp3) is 0.333. The van der Waals surface area contributed by atoms with Crippen molar-refractivity contribution in [1.29, 1.82) is 0 Å². The predicted octanol–water partition coefficient (Wildman–Crippen LogP) is 3.84. The molecule has 27 heavy (non-hydrogen) atoms. The van der Waals surface area contributed by atoms with Gasteiger partial charge in [-0.05, 0) is 24.1 Å². The van der Waals surface area contributed by atoms with Gasteiger partial charge in [0.25, 0.3) is 0 Å². The largest absolute Gasteiger partial charge is 0.331 e. The van der Waals surface area contributed by atoms with Crippen molar-refractivity contribution in [3.05, 3.63) is 69.7 Å². The summed E-state index contributed by atoms with van der Waals surface area (Å²) in [4.78, 5) is 29.5. The molecule has 2 unspecified atom stereocenters. The second-order valence-electron chi connectivity index (χ2n) is 7.18. The fourth-order valence-electron chi connectivity index (χ4n) is 3.62. The fourth-order valence-corrected chi connectivity index (χ4v) is 4.02. The highest BCUT2D eigenvalue weighted by Crippen LogP contribution is 2.32. The topological polar surface area (TPSA) is 40.6 Å². The van der Waals surface area contributed by atoms with E-state index < -0.39 is 11.6 Å². The highest BCUT2D eigenvalue weighted by Gasteiger charge is 2.50. The Morgan fingerprint density at radius 2 is 1.67 bits per heavy atom.